The summed E-state index contributed by atoms with van der Waals surface area (Å²) in [5.41, 5.74) is 5.85. The minimum atomic E-state index is -10.7. The van der Waals surface area contributed by atoms with Crippen molar-refractivity contribution in [2.75, 3.05) is 0 Å². The van der Waals surface area contributed by atoms with Gasteiger partial charge < -0.3 is 53.9 Å². The standard InChI is InChI=1S/C27H21N2O4P.C23H18FN2O4P.4CH4.2ClH.2F6P/c30-34(31,32)20-28-16-12-21(13-17-28)22-14-18-29(19-15-22)24-8-10-25(11-9-24)33-27-7-3-5-23-4-1-2-6-26(23)27;24-20-1-5-22(6-2-20)30-23-7-3-21(4-8-23)26-15-11-19(12-16-26)18-9-13-25(14-10-18)17-31(27,28)29;;;;;;;2*1-7(2,3,4,5)6/h1-19H,20H2;1-16H,17H2;4*1H4;2*1H;;/q;;;;;;;;2*-1/p+2. The molecule has 0 radical (unpaired) electrons. The summed E-state index contributed by atoms with van der Waals surface area (Å²) in [4.78, 5) is 36.3. The molecule has 4 aromatic heterocycles. The molecule has 5 aromatic carbocycles. The number of pyridine rings is 4. The molecule has 4 heterocycles. The summed E-state index contributed by atoms with van der Waals surface area (Å²) in [6.45, 7) is 0. The smallest absolute Gasteiger partial charge is 0.390 e. The molecule has 0 aliphatic carbocycles. The zero-order valence-corrected chi connectivity index (χ0v) is 45.9. The van der Waals surface area contributed by atoms with Gasteiger partial charge >= 0.3 is 81.2 Å². The number of ether oxygens (including phenoxy) is 2. The van der Waals surface area contributed by atoms with E-state index in [1.165, 1.54) is 21.3 Å². The molecular weight excluding hydrogens is 1270 g/mol. The van der Waals surface area contributed by atoms with Crippen molar-refractivity contribution in [1.82, 2.24) is 0 Å². The molecular formula is C54H59Cl2F13N4O8P4. The Hall–Kier alpha value is -6.61. The van der Waals surface area contributed by atoms with Gasteiger partial charge in [-0.2, -0.15) is 18.3 Å². The second kappa shape index (κ2) is 28.7. The molecule has 0 unspecified atom stereocenters. The first-order valence-corrected chi connectivity index (χ1v) is 29.9. The van der Waals surface area contributed by atoms with E-state index >= 15 is 0 Å². The normalized spacial score (nSPS) is 12.5. The SMILES string of the molecule is C.C.C.C.F[P-](F)(F)(F)(F)F.F[P-](F)(F)(F)(F)F.O=P(O)(O)C[n+]1ccc(-c2cc[n+](-c3ccc(Oc4ccc(F)cc4)cc3)cc2)cc1.O=P(O)(O)C[n+]1ccc(-c2cc[n+](-c3ccc(Oc4cccc5ccccc45)cc3)cc2)cc1.[Cl-].[Cl-]. The number of halogens is 15. The van der Waals surface area contributed by atoms with Crippen molar-refractivity contribution in [3.05, 3.63) is 219 Å². The van der Waals surface area contributed by atoms with E-state index in [4.69, 9.17) is 29.0 Å². The van der Waals surface area contributed by atoms with Crippen LogP contribution in [0.2, 0.25) is 0 Å². The Morgan fingerprint density at radius 3 is 0.988 bits per heavy atom. The molecule has 12 nitrogen and oxygen atoms in total. The van der Waals surface area contributed by atoms with Crippen LogP contribution >= 0.6 is 30.8 Å². The van der Waals surface area contributed by atoms with Crippen LogP contribution < -0.4 is 52.6 Å². The molecule has 0 atom stereocenters. The van der Waals surface area contributed by atoms with Gasteiger partial charge in [-0.3, -0.25) is 9.13 Å². The summed E-state index contributed by atoms with van der Waals surface area (Å²) < 4.78 is 172. The molecule has 85 heavy (non-hydrogen) atoms. The summed E-state index contributed by atoms with van der Waals surface area (Å²) in [7, 11) is -29.5. The Balaban J connectivity index is 0.00000128. The van der Waals surface area contributed by atoms with E-state index in [9.17, 15) is 63.9 Å². The van der Waals surface area contributed by atoms with E-state index in [1.54, 1.807) is 36.9 Å². The van der Waals surface area contributed by atoms with Crippen molar-refractivity contribution in [2.24, 2.45) is 0 Å². The molecule has 0 saturated carbocycles. The minimum Gasteiger partial charge on any atom is -1.00 e. The molecule has 0 fully saturated rings. The van der Waals surface area contributed by atoms with E-state index < -0.39 is 30.8 Å². The number of fused-ring (bicyclic) bond motifs is 1. The summed E-state index contributed by atoms with van der Waals surface area (Å²) in [5, 5.41) is 2.22. The van der Waals surface area contributed by atoms with E-state index in [1.807, 2.05) is 155 Å². The number of hydrogen-bond donors (Lipinski definition) is 4. The first kappa shape index (κ1) is 78.4. The second-order valence-electron chi connectivity index (χ2n) is 16.8. The summed E-state index contributed by atoms with van der Waals surface area (Å²) in [6, 6.07) is 50.8. The van der Waals surface area contributed by atoms with Gasteiger partial charge in [0.2, 0.25) is 23.9 Å². The maximum Gasteiger partial charge on any atom is 0.390 e. The van der Waals surface area contributed by atoms with Gasteiger partial charge in [0.05, 0.1) is 0 Å². The number of hydrogen-bond acceptors (Lipinski definition) is 4. The van der Waals surface area contributed by atoms with E-state index in [0.29, 0.717) is 11.5 Å². The van der Waals surface area contributed by atoms with Gasteiger partial charge in [0.25, 0.3) is 0 Å². The van der Waals surface area contributed by atoms with Crippen LogP contribution in [0.5, 0.6) is 23.0 Å². The van der Waals surface area contributed by atoms with Crippen molar-refractivity contribution >= 4 is 41.6 Å². The third-order valence-corrected chi connectivity index (χ3v) is 11.5. The van der Waals surface area contributed by atoms with Crippen molar-refractivity contribution in [2.45, 2.75) is 42.3 Å². The Morgan fingerprint density at radius 2 is 0.659 bits per heavy atom. The summed E-state index contributed by atoms with van der Waals surface area (Å²) >= 11 is 0. The molecule has 0 bridgehead atoms. The van der Waals surface area contributed by atoms with Gasteiger partial charge in [0.1, 0.15) is 28.8 Å². The van der Waals surface area contributed by atoms with Gasteiger partial charge in [-0.1, -0.05) is 66.1 Å². The van der Waals surface area contributed by atoms with E-state index in [2.05, 4.69) is 18.2 Å². The van der Waals surface area contributed by atoms with Crippen molar-refractivity contribution < 1.29 is 136 Å². The van der Waals surface area contributed by atoms with Gasteiger partial charge in [0.15, 0.2) is 49.6 Å². The number of aromatic nitrogens is 4. The molecule has 0 saturated heterocycles. The third kappa shape index (κ3) is 31.4. The zero-order chi connectivity index (χ0) is 58.2. The fraction of sp³-hybridized carbons (Fsp3) is 0.111. The van der Waals surface area contributed by atoms with Crippen LogP contribution in [0.25, 0.3) is 44.4 Å². The zero-order valence-electron chi connectivity index (χ0n) is 40.8. The maximum atomic E-state index is 13.0. The molecule has 4 N–H and O–H groups in total. The van der Waals surface area contributed by atoms with E-state index in [-0.39, 0.29) is 72.9 Å². The maximum absolute atomic E-state index is 13.0. The van der Waals surface area contributed by atoms with Crippen molar-refractivity contribution in [1.29, 1.82) is 0 Å². The Labute approximate surface area is 493 Å². The molecule has 0 aliphatic rings. The largest absolute Gasteiger partial charge is 1.00 e. The van der Waals surface area contributed by atoms with Crippen LogP contribution in [0, 0.1) is 5.82 Å². The number of nitrogens with zero attached hydrogens (tertiary/aromatic N) is 4. The third-order valence-electron chi connectivity index (χ3n) is 10.1. The van der Waals surface area contributed by atoms with Crippen LogP contribution in [-0.4, -0.2) is 19.6 Å². The van der Waals surface area contributed by atoms with Crippen LogP contribution in [0.4, 0.5) is 54.8 Å². The minimum absolute atomic E-state index is 0. The Morgan fingerprint density at radius 1 is 0.376 bits per heavy atom. The molecule has 9 aromatic rings. The molecule has 9 rings (SSSR count). The molecule has 0 spiro atoms. The summed E-state index contributed by atoms with van der Waals surface area (Å²) in [5.74, 6) is 2.51. The molecule has 468 valence electrons. The van der Waals surface area contributed by atoms with E-state index in [0.717, 1.165) is 55.9 Å². The average molecular weight is 1330 g/mol. The first-order valence-electron chi connectivity index (χ1n) is 22.2. The van der Waals surface area contributed by atoms with Crippen LogP contribution in [0.1, 0.15) is 29.7 Å². The quantitative estimate of drug-likeness (QED) is 0.0537. The van der Waals surface area contributed by atoms with Crippen LogP contribution in [0.15, 0.2) is 213 Å². The monoisotopic (exact) mass is 1330 g/mol. The van der Waals surface area contributed by atoms with Crippen molar-refractivity contribution in [3.63, 3.8) is 0 Å². The fourth-order valence-electron chi connectivity index (χ4n) is 6.92. The van der Waals surface area contributed by atoms with Gasteiger partial charge in [-0.25, -0.2) is 4.39 Å². The summed E-state index contributed by atoms with van der Waals surface area (Å²) in [6.07, 6.45) is 13.8. The second-order valence-corrected chi connectivity index (χ2v) is 23.9. The number of rotatable bonds is 12. The van der Waals surface area contributed by atoms with Gasteiger partial charge in [0, 0.05) is 78.2 Å². The number of benzene rings is 5. The van der Waals surface area contributed by atoms with Crippen molar-refractivity contribution in [3.8, 4) is 56.6 Å². The predicted octanol–water partition coefficient (Wildman–Crippen LogP) is 12.3. The predicted molar refractivity (Wildman–Crippen MR) is 296 cm³/mol. The van der Waals surface area contributed by atoms with Gasteiger partial charge in [-0.15, -0.1) is 0 Å². The van der Waals surface area contributed by atoms with Gasteiger partial charge in [-0.05, 0) is 82.2 Å². The average Bonchev–Trinajstić information content (AvgIpc) is 3.34. The van der Waals surface area contributed by atoms with Crippen LogP contribution in [-0.2, 0) is 21.7 Å². The van der Waals surface area contributed by atoms with Crippen LogP contribution in [0.3, 0.4) is 0 Å². The fourth-order valence-corrected chi connectivity index (χ4v) is 8.15. The Bertz CT molecular complexity index is 3590. The first-order chi connectivity index (χ1) is 36.2. The molecule has 0 aliphatic heterocycles. The molecule has 31 heteroatoms. The molecule has 0 amide bonds. The topological polar surface area (TPSA) is 149 Å². The Kier molecular flexibility index (Phi) is 26.5.